The third kappa shape index (κ3) is 5.87. The molecule has 1 fully saturated rings. The van der Waals surface area contributed by atoms with Crippen molar-refractivity contribution in [2.45, 2.75) is 11.8 Å². The van der Waals surface area contributed by atoms with E-state index < -0.39 is 0 Å². The number of morpholine rings is 1. The zero-order valence-electron chi connectivity index (χ0n) is 16.8. The number of halogens is 1. The lowest BCUT2D eigenvalue weighted by atomic mass is 10.0. The zero-order valence-corrected chi connectivity index (χ0v) is 19.2. The third-order valence-corrected chi connectivity index (χ3v) is 7.05. The van der Waals surface area contributed by atoms with Crippen molar-refractivity contribution in [3.8, 4) is 0 Å². The van der Waals surface area contributed by atoms with Crippen molar-refractivity contribution in [2.75, 3.05) is 38.6 Å². The molecule has 2 aromatic heterocycles. The topological polar surface area (TPSA) is 75.9 Å². The second-order valence-electron chi connectivity index (χ2n) is 7.15. The Morgan fingerprint density at radius 2 is 2.06 bits per heavy atom. The van der Waals surface area contributed by atoms with Crippen LogP contribution in [0.25, 0.3) is 4.96 Å². The van der Waals surface area contributed by atoms with Crippen molar-refractivity contribution >= 4 is 45.6 Å². The van der Waals surface area contributed by atoms with Gasteiger partial charge in [0.25, 0.3) is 5.56 Å². The van der Waals surface area contributed by atoms with Gasteiger partial charge in [-0.25, -0.2) is 4.98 Å². The molecule has 4 rings (SSSR count). The molecule has 1 N–H and O–H groups in total. The number of carbonyl (C=O) groups is 1. The molecule has 1 aromatic carbocycles. The molecule has 1 aliphatic heterocycles. The number of aromatic nitrogens is 2. The Hall–Kier alpha value is -1.91. The summed E-state index contributed by atoms with van der Waals surface area (Å²) in [5.74, 6) is 0.787. The standard InChI is InChI=1S/C21H23ClN4O3S2/c22-16-3-1-15(2-4-16)18(25-5-8-29-9-6-25)12-23-19(27)14-30-13-17-11-20(28)26-7-10-31-21(26)24-17/h1-4,7,10-11,18H,5-6,8-9,12-14H2,(H,23,27). The molecule has 164 valence electrons. The summed E-state index contributed by atoms with van der Waals surface area (Å²) in [5.41, 5.74) is 1.72. The van der Waals surface area contributed by atoms with Gasteiger partial charge in [0.15, 0.2) is 4.96 Å². The fourth-order valence-electron chi connectivity index (χ4n) is 3.50. The molecule has 3 aromatic rings. The molecule has 0 aliphatic carbocycles. The maximum Gasteiger partial charge on any atom is 0.258 e. The van der Waals surface area contributed by atoms with Crippen LogP contribution in [0.1, 0.15) is 17.3 Å². The van der Waals surface area contributed by atoms with Crippen molar-refractivity contribution in [1.29, 1.82) is 0 Å². The predicted molar refractivity (Wildman–Crippen MR) is 125 cm³/mol. The lowest BCUT2D eigenvalue weighted by Gasteiger charge is -2.35. The van der Waals surface area contributed by atoms with Crippen molar-refractivity contribution < 1.29 is 9.53 Å². The Morgan fingerprint density at radius 3 is 2.84 bits per heavy atom. The van der Waals surface area contributed by atoms with Crippen LogP contribution in [-0.4, -0.2) is 58.8 Å². The van der Waals surface area contributed by atoms with E-state index in [1.807, 2.05) is 29.6 Å². The molecule has 10 heteroatoms. The highest BCUT2D eigenvalue weighted by molar-refractivity contribution is 7.99. The van der Waals surface area contributed by atoms with Crippen LogP contribution >= 0.6 is 34.7 Å². The van der Waals surface area contributed by atoms with E-state index in [0.717, 1.165) is 18.7 Å². The van der Waals surface area contributed by atoms with Gasteiger partial charge < -0.3 is 10.1 Å². The van der Waals surface area contributed by atoms with Crippen molar-refractivity contribution in [3.05, 3.63) is 68.5 Å². The van der Waals surface area contributed by atoms with Crippen LogP contribution in [0.2, 0.25) is 5.02 Å². The molecular weight excluding hydrogens is 456 g/mol. The summed E-state index contributed by atoms with van der Waals surface area (Å²) in [6.45, 7) is 3.54. The van der Waals surface area contributed by atoms with E-state index in [-0.39, 0.29) is 17.5 Å². The minimum absolute atomic E-state index is 0.0360. The highest BCUT2D eigenvalue weighted by atomic mass is 35.5. The fourth-order valence-corrected chi connectivity index (χ4v) is 5.11. The summed E-state index contributed by atoms with van der Waals surface area (Å²) in [4.78, 5) is 32.0. The number of carbonyl (C=O) groups excluding carboxylic acids is 1. The Labute approximate surface area is 193 Å². The summed E-state index contributed by atoms with van der Waals surface area (Å²) in [6, 6.07) is 9.37. The molecule has 1 atom stereocenters. The quantitative estimate of drug-likeness (QED) is 0.536. The summed E-state index contributed by atoms with van der Waals surface area (Å²) in [6.07, 6.45) is 1.71. The number of nitrogens with one attached hydrogen (secondary N) is 1. The third-order valence-electron chi connectivity index (χ3n) is 5.07. The van der Waals surface area contributed by atoms with Gasteiger partial charge in [-0.2, -0.15) is 0 Å². The van der Waals surface area contributed by atoms with E-state index in [2.05, 4.69) is 15.2 Å². The van der Waals surface area contributed by atoms with Gasteiger partial charge in [0.1, 0.15) is 0 Å². The summed E-state index contributed by atoms with van der Waals surface area (Å²) in [7, 11) is 0. The molecule has 0 radical (unpaired) electrons. The largest absolute Gasteiger partial charge is 0.379 e. The van der Waals surface area contributed by atoms with Crippen molar-refractivity contribution in [2.24, 2.45) is 0 Å². The van der Waals surface area contributed by atoms with E-state index in [1.54, 1.807) is 6.20 Å². The number of fused-ring (bicyclic) bond motifs is 1. The van der Waals surface area contributed by atoms with Gasteiger partial charge in [0.05, 0.1) is 30.7 Å². The summed E-state index contributed by atoms with van der Waals surface area (Å²) >= 11 is 8.91. The highest BCUT2D eigenvalue weighted by Gasteiger charge is 2.23. The average Bonchev–Trinajstić information content (AvgIpc) is 3.25. The normalized spacial score (nSPS) is 15.8. The van der Waals surface area contributed by atoms with Crippen LogP contribution in [0, 0.1) is 0 Å². The number of rotatable bonds is 8. The minimum Gasteiger partial charge on any atom is -0.379 e. The van der Waals surface area contributed by atoms with Gasteiger partial charge in [-0.1, -0.05) is 23.7 Å². The molecular formula is C21H23ClN4O3S2. The van der Waals surface area contributed by atoms with Gasteiger partial charge in [0, 0.05) is 48.1 Å². The lowest BCUT2D eigenvalue weighted by Crippen LogP contribution is -2.44. The van der Waals surface area contributed by atoms with Crippen LogP contribution in [0.3, 0.4) is 0 Å². The highest BCUT2D eigenvalue weighted by Crippen LogP contribution is 2.23. The molecule has 1 aliphatic rings. The Bertz CT molecular complexity index is 1080. The van der Waals surface area contributed by atoms with Gasteiger partial charge in [0.2, 0.25) is 5.91 Å². The van der Waals surface area contributed by atoms with E-state index in [4.69, 9.17) is 16.3 Å². The van der Waals surface area contributed by atoms with Crippen molar-refractivity contribution in [1.82, 2.24) is 19.6 Å². The Morgan fingerprint density at radius 1 is 1.29 bits per heavy atom. The van der Waals surface area contributed by atoms with Gasteiger partial charge in [-0.3, -0.25) is 18.9 Å². The number of nitrogens with zero attached hydrogens (tertiary/aromatic N) is 3. The molecule has 0 saturated carbocycles. The van der Waals surface area contributed by atoms with E-state index >= 15 is 0 Å². The van der Waals surface area contributed by atoms with Gasteiger partial charge >= 0.3 is 0 Å². The predicted octanol–water partition coefficient (Wildman–Crippen LogP) is 2.83. The van der Waals surface area contributed by atoms with Crippen LogP contribution in [0.15, 0.2) is 46.7 Å². The second kappa shape index (κ2) is 10.6. The van der Waals surface area contributed by atoms with Crippen molar-refractivity contribution in [3.63, 3.8) is 0 Å². The number of hydrogen-bond donors (Lipinski definition) is 1. The maximum atomic E-state index is 12.5. The number of ether oxygens (including phenoxy) is 1. The number of hydrogen-bond acceptors (Lipinski definition) is 7. The Kier molecular flexibility index (Phi) is 7.62. The molecule has 31 heavy (non-hydrogen) atoms. The first-order valence-corrected chi connectivity index (χ1v) is 12.4. The minimum atomic E-state index is -0.0948. The molecule has 0 spiro atoms. The number of thioether (sulfide) groups is 1. The Balaban J connectivity index is 1.31. The van der Waals surface area contributed by atoms with E-state index in [1.165, 1.54) is 33.6 Å². The smallest absolute Gasteiger partial charge is 0.258 e. The first kappa shape index (κ1) is 22.3. The van der Waals surface area contributed by atoms with Crippen LogP contribution in [-0.2, 0) is 15.3 Å². The van der Waals surface area contributed by atoms with Gasteiger partial charge in [-0.15, -0.1) is 23.1 Å². The molecule has 1 saturated heterocycles. The number of amides is 1. The summed E-state index contributed by atoms with van der Waals surface area (Å²) in [5, 5.41) is 5.58. The van der Waals surface area contributed by atoms with Crippen LogP contribution in [0.4, 0.5) is 0 Å². The molecule has 0 bridgehead atoms. The first-order valence-electron chi connectivity index (χ1n) is 9.97. The van der Waals surface area contributed by atoms with E-state index in [0.29, 0.717) is 46.9 Å². The molecule has 1 unspecified atom stereocenters. The molecule has 1 amide bonds. The SMILES string of the molecule is O=C(CSCc1cc(=O)n2ccsc2n1)NCC(c1ccc(Cl)cc1)N1CCOCC1. The summed E-state index contributed by atoms with van der Waals surface area (Å²) < 4.78 is 7.00. The number of benzene rings is 1. The maximum absolute atomic E-state index is 12.5. The van der Waals surface area contributed by atoms with Crippen LogP contribution in [0.5, 0.6) is 0 Å². The fraction of sp³-hybridized carbons (Fsp3) is 0.381. The monoisotopic (exact) mass is 478 g/mol. The number of thiazole rings is 1. The zero-order chi connectivity index (χ0) is 21.6. The van der Waals surface area contributed by atoms with Gasteiger partial charge in [-0.05, 0) is 17.7 Å². The molecule has 7 nitrogen and oxygen atoms in total. The first-order chi connectivity index (χ1) is 15.1. The second-order valence-corrected chi connectivity index (χ2v) is 9.45. The van der Waals surface area contributed by atoms with Crippen LogP contribution < -0.4 is 10.9 Å². The van der Waals surface area contributed by atoms with E-state index in [9.17, 15) is 9.59 Å². The lowest BCUT2D eigenvalue weighted by molar-refractivity contribution is -0.118. The molecule has 3 heterocycles. The average molecular weight is 479 g/mol.